The van der Waals surface area contributed by atoms with Crippen molar-refractivity contribution in [2.45, 2.75) is 6.92 Å². The number of hydrogen-bond donors (Lipinski definition) is 0. The molecule has 0 saturated heterocycles. The van der Waals surface area contributed by atoms with Crippen molar-refractivity contribution in [2.75, 3.05) is 7.11 Å². The smallest absolute Gasteiger partial charge is 0.134 e. The average Bonchev–Trinajstić information content (AvgIpc) is 2.32. The highest BCUT2D eigenvalue weighted by molar-refractivity contribution is 9.11. The molecule has 2 aromatic carbocycles. The Kier molecular flexibility index (Phi) is 3.89. The summed E-state index contributed by atoms with van der Waals surface area (Å²) in [5.41, 5.74) is 3.30. The van der Waals surface area contributed by atoms with E-state index >= 15 is 0 Å². The summed E-state index contributed by atoms with van der Waals surface area (Å²) in [5.74, 6) is 0.759. The van der Waals surface area contributed by atoms with Crippen molar-refractivity contribution in [3.63, 3.8) is 0 Å². The number of benzene rings is 2. The van der Waals surface area contributed by atoms with Gasteiger partial charge in [-0.25, -0.2) is 0 Å². The number of methoxy groups -OCH3 is 1. The van der Waals surface area contributed by atoms with Crippen LogP contribution in [0.3, 0.4) is 0 Å². The van der Waals surface area contributed by atoms with Crippen LogP contribution in [0.5, 0.6) is 5.75 Å². The van der Waals surface area contributed by atoms with E-state index in [4.69, 9.17) is 4.74 Å². The molecule has 0 bridgehead atoms. The fourth-order valence-corrected chi connectivity index (χ4v) is 2.49. The zero-order valence-electron chi connectivity index (χ0n) is 9.55. The van der Waals surface area contributed by atoms with Crippen LogP contribution in [0.4, 0.5) is 0 Å². The van der Waals surface area contributed by atoms with Gasteiger partial charge in [-0.3, -0.25) is 0 Å². The van der Waals surface area contributed by atoms with Crippen molar-refractivity contribution < 1.29 is 4.74 Å². The number of hydrogen-bond acceptors (Lipinski definition) is 1. The summed E-state index contributed by atoms with van der Waals surface area (Å²) < 4.78 is 7.44. The molecule has 2 aromatic rings. The van der Waals surface area contributed by atoms with Gasteiger partial charge in [-0.1, -0.05) is 31.9 Å². The molecule has 17 heavy (non-hydrogen) atoms. The molecule has 0 saturated carbocycles. The van der Waals surface area contributed by atoms with Gasteiger partial charge in [0.1, 0.15) is 5.75 Å². The normalized spacial score (nSPS) is 10.4. The van der Waals surface area contributed by atoms with E-state index in [1.165, 1.54) is 0 Å². The quantitative estimate of drug-likeness (QED) is 0.737. The first-order valence-corrected chi connectivity index (χ1v) is 6.72. The molecule has 2 rings (SSSR count). The van der Waals surface area contributed by atoms with Gasteiger partial charge in [0.15, 0.2) is 0 Å². The molecule has 0 aliphatic heterocycles. The second kappa shape index (κ2) is 5.23. The van der Waals surface area contributed by atoms with Crippen LogP contribution >= 0.6 is 31.9 Å². The molecule has 1 radical (unpaired) electrons. The molecule has 0 N–H and O–H groups in total. The van der Waals surface area contributed by atoms with E-state index in [1.54, 1.807) is 7.11 Å². The van der Waals surface area contributed by atoms with E-state index in [-0.39, 0.29) is 0 Å². The van der Waals surface area contributed by atoms with Gasteiger partial charge < -0.3 is 4.74 Å². The summed E-state index contributed by atoms with van der Waals surface area (Å²) in [5, 5.41) is 0. The molecule has 0 heterocycles. The molecular formula is C14H11Br2O. The van der Waals surface area contributed by atoms with Crippen LogP contribution < -0.4 is 4.74 Å². The number of halogens is 2. The first kappa shape index (κ1) is 12.7. The van der Waals surface area contributed by atoms with E-state index in [1.807, 2.05) is 25.1 Å². The largest absolute Gasteiger partial charge is 0.495 e. The van der Waals surface area contributed by atoms with Crippen molar-refractivity contribution >= 4 is 31.9 Å². The Hall–Kier alpha value is -0.800. The molecule has 0 unspecified atom stereocenters. The van der Waals surface area contributed by atoms with Crippen LogP contribution in [-0.2, 0) is 0 Å². The average molecular weight is 355 g/mol. The summed E-state index contributed by atoms with van der Waals surface area (Å²) in [6.45, 7) is 2.05. The summed E-state index contributed by atoms with van der Waals surface area (Å²) in [6.07, 6.45) is 0. The number of rotatable bonds is 2. The SMILES string of the molecule is COc1[c]cc(C)cc1-c1cc(Br)ccc1Br. The lowest BCUT2D eigenvalue weighted by Gasteiger charge is -2.11. The van der Waals surface area contributed by atoms with Crippen LogP contribution in [0.2, 0.25) is 0 Å². The second-order valence-electron chi connectivity index (χ2n) is 3.75. The van der Waals surface area contributed by atoms with E-state index in [0.717, 1.165) is 31.4 Å². The van der Waals surface area contributed by atoms with E-state index in [2.05, 4.69) is 50.1 Å². The summed E-state index contributed by atoms with van der Waals surface area (Å²) in [7, 11) is 1.66. The van der Waals surface area contributed by atoms with Gasteiger partial charge in [-0.15, -0.1) is 0 Å². The Morgan fingerprint density at radius 3 is 2.59 bits per heavy atom. The molecule has 3 heteroatoms. The van der Waals surface area contributed by atoms with Crippen molar-refractivity contribution in [1.29, 1.82) is 0 Å². The van der Waals surface area contributed by atoms with E-state index in [0.29, 0.717) is 0 Å². The molecule has 0 amide bonds. The minimum Gasteiger partial charge on any atom is -0.495 e. The highest BCUT2D eigenvalue weighted by atomic mass is 79.9. The van der Waals surface area contributed by atoms with Crippen molar-refractivity contribution in [1.82, 2.24) is 0 Å². The topological polar surface area (TPSA) is 9.23 Å². The first-order chi connectivity index (χ1) is 8.11. The van der Waals surface area contributed by atoms with Gasteiger partial charge in [0.2, 0.25) is 0 Å². The van der Waals surface area contributed by atoms with Crippen LogP contribution in [-0.4, -0.2) is 7.11 Å². The molecule has 0 aliphatic carbocycles. The van der Waals surface area contributed by atoms with Crippen LogP contribution in [0.1, 0.15) is 5.56 Å². The van der Waals surface area contributed by atoms with Gasteiger partial charge >= 0.3 is 0 Å². The predicted octanol–water partition coefficient (Wildman–Crippen LogP) is 5.00. The van der Waals surface area contributed by atoms with Gasteiger partial charge in [0.05, 0.1) is 7.11 Å². The maximum Gasteiger partial charge on any atom is 0.134 e. The highest BCUT2D eigenvalue weighted by Crippen LogP contribution is 2.36. The van der Waals surface area contributed by atoms with Crippen LogP contribution in [0, 0.1) is 13.0 Å². The molecular weight excluding hydrogens is 344 g/mol. The Morgan fingerprint density at radius 1 is 1.12 bits per heavy atom. The monoisotopic (exact) mass is 353 g/mol. The molecule has 0 atom stereocenters. The fourth-order valence-electron chi connectivity index (χ4n) is 1.66. The van der Waals surface area contributed by atoms with Crippen molar-refractivity contribution in [2.24, 2.45) is 0 Å². The van der Waals surface area contributed by atoms with E-state index in [9.17, 15) is 0 Å². The predicted molar refractivity (Wildman–Crippen MR) is 77.4 cm³/mol. The minimum absolute atomic E-state index is 0.759. The van der Waals surface area contributed by atoms with Gasteiger partial charge in [0.25, 0.3) is 0 Å². The Labute approximate surface area is 118 Å². The molecule has 0 fully saturated rings. The second-order valence-corrected chi connectivity index (χ2v) is 5.52. The third-order valence-electron chi connectivity index (χ3n) is 2.47. The van der Waals surface area contributed by atoms with Crippen molar-refractivity contribution in [3.8, 4) is 16.9 Å². The molecule has 0 aromatic heterocycles. The molecule has 87 valence electrons. The number of ether oxygens (including phenoxy) is 1. The maximum absolute atomic E-state index is 5.36. The summed E-state index contributed by atoms with van der Waals surface area (Å²) in [4.78, 5) is 0. The zero-order valence-corrected chi connectivity index (χ0v) is 12.7. The summed E-state index contributed by atoms with van der Waals surface area (Å²) >= 11 is 7.05. The first-order valence-electron chi connectivity index (χ1n) is 5.13. The lowest BCUT2D eigenvalue weighted by Crippen LogP contribution is -1.90. The standard InChI is InChI=1S/C14H11Br2O/c1-9-3-6-14(17-2)12(7-9)11-8-10(15)4-5-13(11)16/h3-5,7-8H,1-2H3. The van der Waals surface area contributed by atoms with Gasteiger partial charge in [-0.2, -0.15) is 0 Å². The molecule has 0 aliphatic rings. The Balaban J connectivity index is 2.66. The Morgan fingerprint density at radius 2 is 1.88 bits per heavy atom. The third kappa shape index (κ3) is 2.72. The van der Waals surface area contributed by atoms with Crippen LogP contribution in [0.25, 0.3) is 11.1 Å². The molecule has 0 spiro atoms. The maximum atomic E-state index is 5.36. The lowest BCUT2D eigenvalue weighted by molar-refractivity contribution is 0.415. The molecule has 1 nitrogen and oxygen atoms in total. The Bertz CT molecular complexity index is 550. The minimum atomic E-state index is 0.759. The number of aryl methyl sites for hydroxylation is 1. The van der Waals surface area contributed by atoms with Gasteiger partial charge in [0, 0.05) is 26.1 Å². The lowest BCUT2D eigenvalue weighted by atomic mass is 10.0. The van der Waals surface area contributed by atoms with Gasteiger partial charge in [-0.05, 0) is 42.8 Å². The highest BCUT2D eigenvalue weighted by Gasteiger charge is 2.10. The van der Waals surface area contributed by atoms with Crippen molar-refractivity contribution in [3.05, 3.63) is 50.9 Å². The van der Waals surface area contributed by atoms with E-state index < -0.39 is 0 Å². The third-order valence-corrected chi connectivity index (χ3v) is 3.66. The van der Waals surface area contributed by atoms with Crippen LogP contribution in [0.15, 0.2) is 39.3 Å². The fraction of sp³-hybridized carbons (Fsp3) is 0.143. The zero-order chi connectivity index (χ0) is 12.4. The summed E-state index contributed by atoms with van der Waals surface area (Å²) in [6, 6.07) is 13.2.